The van der Waals surface area contributed by atoms with Crippen LogP contribution in [-0.4, -0.2) is 21.6 Å². The van der Waals surface area contributed by atoms with Crippen LogP contribution in [0.4, 0.5) is 13.2 Å². The van der Waals surface area contributed by atoms with Crippen LogP contribution in [0.1, 0.15) is 25.8 Å². The van der Waals surface area contributed by atoms with Crippen molar-refractivity contribution in [3.8, 4) is 0 Å². The molecule has 19 heavy (non-hydrogen) atoms. The molecule has 106 valence electrons. The average molecular weight is 356 g/mol. The SMILES string of the molecule is CC[C@@H](C)S(=O)N=C(c1cc(Br)ccc1F)C(F)F. The predicted octanol–water partition coefficient (Wildman–Crippen LogP) is 4.10. The Kier molecular flexibility index (Phi) is 6.19. The van der Waals surface area contributed by atoms with E-state index in [1.807, 2.05) is 0 Å². The van der Waals surface area contributed by atoms with Gasteiger partial charge in [-0.1, -0.05) is 22.9 Å². The van der Waals surface area contributed by atoms with E-state index >= 15 is 0 Å². The van der Waals surface area contributed by atoms with Crippen LogP contribution in [0, 0.1) is 5.82 Å². The van der Waals surface area contributed by atoms with E-state index in [-0.39, 0.29) is 10.8 Å². The number of rotatable bonds is 5. The molecule has 0 saturated carbocycles. The summed E-state index contributed by atoms with van der Waals surface area (Å²) >= 11 is 3.08. The number of hydrogen-bond donors (Lipinski definition) is 0. The lowest BCUT2D eigenvalue weighted by Gasteiger charge is -2.09. The Bertz CT molecular complexity index is 508. The minimum Gasteiger partial charge on any atom is -0.235 e. The molecule has 0 N–H and O–H groups in total. The van der Waals surface area contributed by atoms with Crippen molar-refractivity contribution in [2.45, 2.75) is 31.9 Å². The number of nitrogens with zero attached hydrogens (tertiary/aromatic N) is 1. The highest BCUT2D eigenvalue weighted by Gasteiger charge is 2.22. The quantitative estimate of drug-likeness (QED) is 0.731. The maximum absolute atomic E-state index is 13.6. The minimum absolute atomic E-state index is 0.332. The van der Waals surface area contributed by atoms with E-state index < -0.39 is 28.9 Å². The zero-order valence-electron chi connectivity index (χ0n) is 10.4. The highest BCUT2D eigenvalue weighted by Crippen LogP contribution is 2.20. The first-order valence-electron chi connectivity index (χ1n) is 5.59. The van der Waals surface area contributed by atoms with Gasteiger partial charge in [0, 0.05) is 10.0 Å². The van der Waals surface area contributed by atoms with Crippen molar-refractivity contribution in [2.24, 2.45) is 4.40 Å². The molecule has 0 aromatic heterocycles. The van der Waals surface area contributed by atoms with Crippen molar-refractivity contribution in [2.75, 3.05) is 0 Å². The standard InChI is InChI=1S/C12H13BrF3NOS/c1-3-7(2)19(18)17-11(12(15)16)9-6-8(13)4-5-10(9)14/h4-7,12H,3H2,1-2H3/t7-,19?/m1/s1. The molecule has 1 aromatic carbocycles. The molecule has 2 atom stereocenters. The molecule has 0 aliphatic heterocycles. The Morgan fingerprint density at radius 3 is 2.63 bits per heavy atom. The van der Waals surface area contributed by atoms with Gasteiger partial charge >= 0.3 is 0 Å². The lowest BCUT2D eigenvalue weighted by molar-refractivity contribution is 0.226. The summed E-state index contributed by atoms with van der Waals surface area (Å²) in [5, 5.41) is -0.357. The first-order valence-corrected chi connectivity index (χ1v) is 7.56. The van der Waals surface area contributed by atoms with Crippen LogP contribution in [0.5, 0.6) is 0 Å². The number of benzene rings is 1. The topological polar surface area (TPSA) is 29.4 Å². The molecule has 0 amide bonds. The smallest absolute Gasteiger partial charge is 0.235 e. The van der Waals surface area contributed by atoms with E-state index in [0.717, 1.165) is 6.07 Å². The number of halogens is 4. The molecular weight excluding hydrogens is 343 g/mol. The first-order chi connectivity index (χ1) is 8.86. The molecule has 0 radical (unpaired) electrons. The van der Waals surface area contributed by atoms with E-state index in [2.05, 4.69) is 20.3 Å². The average Bonchev–Trinajstić information content (AvgIpc) is 2.37. The van der Waals surface area contributed by atoms with E-state index in [9.17, 15) is 17.4 Å². The summed E-state index contributed by atoms with van der Waals surface area (Å²) in [5.74, 6) is -0.816. The van der Waals surface area contributed by atoms with Crippen molar-refractivity contribution in [3.63, 3.8) is 0 Å². The number of alkyl halides is 2. The molecule has 0 bridgehead atoms. The van der Waals surface area contributed by atoms with Crippen molar-refractivity contribution in [1.29, 1.82) is 0 Å². The summed E-state index contributed by atoms with van der Waals surface area (Å²) in [6.07, 6.45) is -2.45. The Hall–Kier alpha value is -0.690. The second-order valence-corrected chi connectivity index (χ2v) is 6.35. The Morgan fingerprint density at radius 2 is 2.11 bits per heavy atom. The largest absolute Gasteiger partial charge is 0.281 e. The van der Waals surface area contributed by atoms with Gasteiger partial charge in [-0.3, -0.25) is 0 Å². The molecular formula is C12H13BrF3NOS. The van der Waals surface area contributed by atoms with Gasteiger partial charge in [-0.25, -0.2) is 17.4 Å². The molecule has 0 aliphatic rings. The van der Waals surface area contributed by atoms with Crippen LogP contribution in [0.25, 0.3) is 0 Å². The van der Waals surface area contributed by atoms with Gasteiger partial charge in [0.2, 0.25) is 0 Å². The van der Waals surface area contributed by atoms with Gasteiger partial charge < -0.3 is 0 Å². The summed E-state index contributed by atoms with van der Waals surface area (Å²) in [6, 6.07) is 3.66. The van der Waals surface area contributed by atoms with Gasteiger partial charge in [-0.15, -0.1) is 0 Å². The molecule has 2 nitrogen and oxygen atoms in total. The van der Waals surface area contributed by atoms with Crippen molar-refractivity contribution < 1.29 is 17.4 Å². The van der Waals surface area contributed by atoms with Gasteiger partial charge in [0.05, 0.1) is 5.25 Å². The Labute approximate surface area is 120 Å². The second kappa shape index (κ2) is 7.19. The predicted molar refractivity (Wildman–Crippen MR) is 74.5 cm³/mol. The number of hydrogen-bond acceptors (Lipinski definition) is 1. The van der Waals surface area contributed by atoms with Crippen LogP contribution in [-0.2, 0) is 11.0 Å². The highest BCUT2D eigenvalue weighted by atomic mass is 79.9. The molecule has 0 saturated heterocycles. The van der Waals surface area contributed by atoms with E-state index in [1.165, 1.54) is 12.1 Å². The van der Waals surface area contributed by atoms with Crippen molar-refractivity contribution in [3.05, 3.63) is 34.1 Å². The summed E-state index contributed by atoms with van der Waals surface area (Å²) in [5.41, 5.74) is -1.11. The van der Waals surface area contributed by atoms with Gasteiger partial charge in [-0.2, -0.15) is 4.40 Å². The lowest BCUT2D eigenvalue weighted by atomic mass is 10.1. The molecule has 0 fully saturated rings. The third kappa shape index (κ3) is 4.42. The fourth-order valence-electron chi connectivity index (χ4n) is 1.23. The van der Waals surface area contributed by atoms with Crippen LogP contribution in [0.15, 0.2) is 27.1 Å². The van der Waals surface area contributed by atoms with Crippen LogP contribution >= 0.6 is 15.9 Å². The molecule has 0 aliphatic carbocycles. The van der Waals surface area contributed by atoms with Crippen molar-refractivity contribution in [1.82, 2.24) is 0 Å². The third-order valence-electron chi connectivity index (χ3n) is 2.52. The molecule has 0 spiro atoms. The maximum atomic E-state index is 13.6. The summed E-state index contributed by atoms with van der Waals surface area (Å²) < 4.78 is 55.2. The van der Waals surface area contributed by atoms with Gasteiger partial charge in [0.15, 0.2) is 0 Å². The zero-order chi connectivity index (χ0) is 14.6. The van der Waals surface area contributed by atoms with Crippen LogP contribution in [0.3, 0.4) is 0 Å². The molecule has 1 rings (SSSR count). The molecule has 0 heterocycles. The first kappa shape index (κ1) is 16.4. The normalized spacial score (nSPS) is 15.6. The maximum Gasteiger partial charge on any atom is 0.281 e. The molecule has 1 aromatic rings. The zero-order valence-corrected chi connectivity index (χ0v) is 12.8. The van der Waals surface area contributed by atoms with Gasteiger partial charge in [-0.05, 0) is 31.5 Å². The van der Waals surface area contributed by atoms with Crippen LogP contribution < -0.4 is 0 Å². The Morgan fingerprint density at radius 1 is 1.47 bits per heavy atom. The second-order valence-electron chi connectivity index (χ2n) is 3.90. The summed E-state index contributed by atoms with van der Waals surface area (Å²) in [4.78, 5) is 0. The van der Waals surface area contributed by atoms with E-state index in [4.69, 9.17) is 0 Å². The Balaban J connectivity index is 3.25. The summed E-state index contributed by atoms with van der Waals surface area (Å²) in [7, 11) is -1.80. The van der Waals surface area contributed by atoms with E-state index in [1.54, 1.807) is 13.8 Å². The van der Waals surface area contributed by atoms with Crippen LogP contribution in [0.2, 0.25) is 0 Å². The monoisotopic (exact) mass is 355 g/mol. The fourth-order valence-corrected chi connectivity index (χ4v) is 2.43. The fraction of sp³-hybridized carbons (Fsp3) is 0.417. The van der Waals surface area contributed by atoms with Gasteiger partial charge in [0.25, 0.3) is 6.43 Å². The third-order valence-corrected chi connectivity index (χ3v) is 4.41. The van der Waals surface area contributed by atoms with Gasteiger partial charge in [0.1, 0.15) is 22.5 Å². The minimum atomic E-state index is -2.99. The summed E-state index contributed by atoms with van der Waals surface area (Å²) in [6.45, 7) is 3.42. The van der Waals surface area contributed by atoms with E-state index in [0.29, 0.717) is 10.9 Å². The molecule has 1 unspecified atom stereocenters. The lowest BCUT2D eigenvalue weighted by Crippen LogP contribution is -2.18. The van der Waals surface area contributed by atoms with Crippen molar-refractivity contribution >= 4 is 32.6 Å². The molecule has 7 heteroatoms. The highest BCUT2D eigenvalue weighted by molar-refractivity contribution is 9.10.